The summed E-state index contributed by atoms with van der Waals surface area (Å²) in [4.78, 5) is 13.0. The third kappa shape index (κ3) is 3.34. The van der Waals surface area contributed by atoms with Crippen LogP contribution in [0.4, 0.5) is 0 Å². The van der Waals surface area contributed by atoms with Gasteiger partial charge in [-0.25, -0.2) is 8.42 Å². The van der Waals surface area contributed by atoms with Crippen LogP contribution < -0.4 is 9.47 Å². The first-order valence-corrected chi connectivity index (χ1v) is 10.3. The highest BCUT2D eigenvalue weighted by molar-refractivity contribution is 7.92. The molecule has 1 aliphatic rings. The Morgan fingerprint density at radius 1 is 0.963 bits per heavy atom. The molecule has 2 aromatic carbocycles. The van der Waals surface area contributed by atoms with Crippen molar-refractivity contribution < 1.29 is 22.7 Å². The van der Waals surface area contributed by atoms with Gasteiger partial charge in [-0.15, -0.1) is 0 Å². The van der Waals surface area contributed by atoms with E-state index in [0.717, 1.165) is 5.56 Å². The van der Waals surface area contributed by atoms with E-state index in [1.807, 2.05) is 12.1 Å². The minimum Gasteiger partial charge on any atom is -0.493 e. The smallest absolute Gasteiger partial charge is 0.189 e. The molecule has 5 nitrogen and oxygen atoms in total. The molecule has 1 aliphatic carbocycles. The van der Waals surface area contributed by atoms with Crippen LogP contribution in [0.1, 0.15) is 42.3 Å². The van der Waals surface area contributed by atoms with Gasteiger partial charge in [0.2, 0.25) is 0 Å². The van der Waals surface area contributed by atoms with Gasteiger partial charge in [0.15, 0.2) is 27.1 Å². The number of methoxy groups -OCH3 is 2. The van der Waals surface area contributed by atoms with Gasteiger partial charge in [0.05, 0.1) is 19.1 Å². The quantitative estimate of drug-likeness (QED) is 0.801. The number of sulfone groups is 1. The van der Waals surface area contributed by atoms with Crippen LogP contribution in [0.3, 0.4) is 0 Å². The van der Waals surface area contributed by atoms with E-state index in [0.29, 0.717) is 22.6 Å². The molecule has 0 radical (unpaired) electrons. The summed E-state index contributed by atoms with van der Waals surface area (Å²) >= 11 is 0. The normalized spacial score (nSPS) is 16.9. The molecule has 0 heterocycles. The van der Waals surface area contributed by atoms with Crippen molar-refractivity contribution in [3.63, 3.8) is 0 Å². The van der Waals surface area contributed by atoms with Crippen LogP contribution in [-0.2, 0) is 21.7 Å². The molecule has 0 saturated heterocycles. The number of carbonyl (C=O) groups is 1. The maximum Gasteiger partial charge on any atom is 0.189 e. The molecule has 0 amide bonds. The zero-order valence-corrected chi connectivity index (χ0v) is 17.0. The second-order valence-corrected chi connectivity index (χ2v) is 9.87. The maximum absolute atomic E-state index is 13.1. The van der Waals surface area contributed by atoms with E-state index in [4.69, 9.17) is 9.47 Å². The second-order valence-electron chi connectivity index (χ2n) is 7.74. The fraction of sp³-hybridized carbons (Fsp3) is 0.381. The van der Waals surface area contributed by atoms with E-state index >= 15 is 0 Å². The van der Waals surface area contributed by atoms with Crippen molar-refractivity contribution in [1.82, 2.24) is 0 Å². The van der Waals surface area contributed by atoms with E-state index in [1.54, 1.807) is 24.3 Å². The van der Waals surface area contributed by atoms with Gasteiger partial charge in [0.25, 0.3) is 0 Å². The number of benzene rings is 2. The molecular weight excluding hydrogens is 364 g/mol. The predicted octanol–water partition coefficient (Wildman–Crippen LogP) is 3.58. The minimum absolute atomic E-state index is 0.0746. The zero-order chi connectivity index (χ0) is 20.0. The minimum atomic E-state index is -3.79. The van der Waals surface area contributed by atoms with Crippen molar-refractivity contribution in [2.75, 3.05) is 14.2 Å². The third-order valence-electron chi connectivity index (χ3n) is 5.00. The Bertz CT molecular complexity index is 982. The van der Waals surface area contributed by atoms with Gasteiger partial charge in [-0.1, -0.05) is 32.9 Å². The van der Waals surface area contributed by atoms with Gasteiger partial charge in [-0.05, 0) is 47.2 Å². The first kappa shape index (κ1) is 19.4. The summed E-state index contributed by atoms with van der Waals surface area (Å²) in [5.41, 5.74) is 2.01. The Morgan fingerprint density at radius 2 is 1.52 bits per heavy atom. The standard InChI is InChI=1S/C21H24O5S/c1-21(2,3)14-6-8-15(9-7-14)27(23,24)19-11-13-10-17(25-4)18(26-5)12-16(13)20(19)22/h6-10,12,19H,11H2,1-5H3/t19-/m0/s1. The lowest BCUT2D eigenvalue weighted by Gasteiger charge is -2.19. The highest BCUT2D eigenvalue weighted by atomic mass is 32.2. The molecule has 0 aliphatic heterocycles. The first-order valence-electron chi connectivity index (χ1n) is 8.73. The molecule has 144 valence electrons. The number of rotatable bonds is 4. The SMILES string of the molecule is COc1cc2c(cc1OC)C(=O)[C@@H](S(=O)(=O)c1ccc(C(C)(C)C)cc1)C2. The number of fused-ring (bicyclic) bond motifs is 1. The molecule has 0 aromatic heterocycles. The lowest BCUT2D eigenvalue weighted by atomic mass is 9.87. The third-order valence-corrected chi connectivity index (χ3v) is 7.06. The summed E-state index contributed by atoms with van der Waals surface area (Å²) in [7, 11) is -0.801. The van der Waals surface area contributed by atoms with E-state index in [1.165, 1.54) is 14.2 Å². The highest BCUT2D eigenvalue weighted by Crippen LogP contribution is 2.38. The number of carbonyl (C=O) groups excluding carboxylic acids is 1. The van der Waals surface area contributed by atoms with E-state index < -0.39 is 20.9 Å². The summed E-state index contributed by atoms with van der Waals surface area (Å²) < 4.78 is 36.7. The predicted molar refractivity (Wildman–Crippen MR) is 104 cm³/mol. The van der Waals surface area contributed by atoms with Crippen LogP contribution in [-0.4, -0.2) is 33.7 Å². The van der Waals surface area contributed by atoms with Gasteiger partial charge < -0.3 is 9.47 Å². The fourth-order valence-corrected chi connectivity index (χ4v) is 5.00. The Labute approximate surface area is 160 Å². The van der Waals surface area contributed by atoms with Gasteiger partial charge in [0, 0.05) is 5.56 Å². The largest absolute Gasteiger partial charge is 0.493 e. The van der Waals surface area contributed by atoms with Crippen molar-refractivity contribution in [3.8, 4) is 11.5 Å². The molecular formula is C21H24O5S. The molecule has 0 bridgehead atoms. The van der Waals surface area contributed by atoms with Gasteiger partial charge in [-0.2, -0.15) is 0 Å². The van der Waals surface area contributed by atoms with Crippen LogP contribution >= 0.6 is 0 Å². The lowest BCUT2D eigenvalue weighted by Crippen LogP contribution is -2.27. The van der Waals surface area contributed by atoms with Gasteiger partial charge in [0.1, 0.15) is 5.25 Å². The fourth-order valence-electron chi connectivity index (χ4n) is 3.34. The Kier molecular flexibility index (Phi) is 4.80. The highest BCUT2D eigenvalue weighted by Gasteiger charge is 2.41. The monoisotopic (exact) mass is 388 g/mol. The summed E-state index contributed by atoms with van der Waals surface area (Å²) in [6.07, 6.45) is 0.137. The molecule has 3 rings (SSSR count). The molecule has 6 heteroatoms. The molecule has 0 N–H and O–H groups in total. The van der Waals surface area contributed by atoms with Crippen LogP contribution in [0.25, 0.3) is 0 Å². The first-order chi connectivity index (χ1) is 12.6. The maximum atomic E-state index is 13.1. The second kappa shape index (κ2) is 6.68. The van der Waals surface area contributed by atoms with Crippen molar-refractivity contribution in [3.05, 3.63) is 53.1 Å². The average molecular weight is 388 g/mol. The lowest BCUT2D eigenvalue weighted by molar-refractivity contribution is 0.0997. The van der Waals surface area contributed by atoms with Crippen LogP contribution in [0.15, 0.2) is 41.3 Å². The molecule has 0 saturated carbocycles. The molecule has 2 aromatic rings. The van der Waals surface area contributed by atoms with Crippen molar-refractivity contribution in [1.29, 1.82) is 0 Å². The zero-order valence-electron chi connectivity index (χ0n) is 16.2. The number of Topliss-reactive ketones (excluding diaryl/α,β-unsaturated/α-hetero) is 1. The molecule has 27 heavy (non-hydrogen) atoms. The van der Waals surface area contributed by atoms with E-state index in [-0.39, 0.29) is 16.7 Å². The van der Waals surface area contributed by atoms with Gasteiger partial charge in [-0.3, -0.25) is 4.79 Å². The van der Waals surface area contributed by atoms with Crippen LogP contribution in [0.5, 0.6) is 11.5 Å². The molecule has 0 unspecified atom stereocenters. The Morgan fingerprint density at radius 3 is 2.04 bits per heavy atom. The summed E-state index contributed by atoms with van der Waals surface area (Å²) in [6.45, 7) is 6.19. The molecule has 0 spiro atoms. The van der Waals surface area contributed by atoms with Crippen molar-refractivity contribution >= 4 is 15.6 Å². The number of hydrogen-bond acceptors (Lipinski definition) is 5. The topological polar surface area (TPSA) is 69.7 Å². The van der Waals surface area contributed by atoms with Gasteiger partial charge >= 0.3 is 0 Å². The summed E-state index contributed by atoms with van der Waals surface area (Å²) in [6, 6.07) is 10.1. The van der Waals surface area contributed by atoms with Crippen molar-refractivity contribution in [2.45, 2.75) is 42.8 Å². The average Bonchev–Trinajstić information content (AvgIpc) is 2.96. The number of ketones is 1. The van der Waals surface area contributed by atoms with E-state index in [2.05, 4.69) is 20.8 Å². The Balaban J connectivity index is 1.98. The van der Waals surface area contributed by atoms with Crippen molar-refractivity contribution in [2.24, 2.45) is 0 Å². The van der Waals surface area contributed by atoms with Crippen LogP contribution in [0.2, 0.25) is 0 Å². The number of ether oxygens (including phenoxy) is 2. The Hall–Kier alpha value is -2.34. The van der Waals surface area contributed by atoms with E-state index in [9.17, 15) is 13.2 Å². The van der Waals surface area contributed by atoms with Crippen LogP contribution in [0, 0.1) is 0 Å². The summed E-state index contributed by atoms with van der Waals surface area (Å²) in [5.74, 6) is 0.500. The summed E-state index contributed by atoms with van der Waals surface area (Å²) in [5, 5.41) is -1.12. The molecule has 1 atom stereocenters. The molecule has 0 fully saturated rings. The number of hydrogen-bond donors (Lipinski definition) is 0.